The molecule has 4 nitrogen and oxygen atoms in total. The van der Waals surface area contributed by atoms with Crippen LogP contribution in [0.15, 0.2) is 40.8 Å². The van der Waals surface area contributed by atoms with Crippen molar-refractivity contribution >= 4 is 27.6 Å². The summed E-state index contributed by atoms with van der Waals surface area (Å²) in [5.74, 6) is -0.330. The third-order valence-electron chi connectivity index (χ3n) is 2.46. The largest absolute Gasteiger partial charge is 1.00 e. The first-order valence-corrected chi connectivity index (χ1v) is 7.54. The molecule has 0 saturated heterocycles. The van der Waals surface area contributed by atoms with E-state index in [0.29, 0.717) is 13.0 Å². The normalized spacial score (nSPS) is 14.3. The van der Waals surface area contributed by atoms with Crippen LogP contribution in [0.3, 0.4) is 0 Å². The van der Waals surface area contributed by atoms with Gasteiger partial charge in [-0.3, -0.25) is 0 Å². The van der Waals surface area contributed by atoms with Crippen LogP contribution in [0.2, 0.25) is 0 Å². The van der Waals surface area contributed by atoms with E-state index in [0.717, 1.165) is 15.6 Å². The Hall–Kier alpha value is 0.656. The van der Waals surface area contributed by atoms with Crippen molar-refractivity contribution in [3.05, 3.63) is 35.9 Å². The van der Waals surface area contributed by atoms with Gasteiger partial charge < -0.3 is 9.45 Å². The minimum absolute atomic E-state index is 0. The molecule has 1 heterocycles. The Morgan fingerprint density at radius 3 is 2.67 bits per heavy atom. The Kier molecular flexibility index (Phi) is 6.40. The Bertz CT molecular complexity index is 545. The van der Waals surface area contributed by atoms with E-state index in [1.807, 2.05) is 29.2 Å². The molecule has 0 fully saturated rings. The molecule has 7 heteroatoms. The molecule has 0 radical (unpaired) electrons. The molecule has 1 aromatic rings. The van der Waals surface area contributed by atoms with Crippen molar-refractivity contribution in [3.8, 4) is 0 Å². The fourth-order valence-electron chi connectivity index (χ4n) is 1.73. The van der Waals surface area contributed by atoms with Crippen LogP contribution in [0.4, 0.5) is 5.69 Å². The molecule has 18 heavy (non-hydrogen) atoms. The molecule has 92 valence electrons. The monoisotopic (exact) mass is 309 g/mol. The van der Waals surface area contributed by atoms with Crippen molar-refractivity contribution < 1.29 is 64.4 Å². The number of nitrogens with zero attached hydrogens (tertiary/aromatic N) is 1. The second kappa shape index (κ2) is 6.89. The van der Waals surface area contributed by atoms with Crippen LogP contribution in [0.25, 0.3) is 0 Å². The van der Waals surface area contributed by atoms with Crippen molar-refractivity contribution in [2.45, 2.75) is 11.3 Å². The van der Waals surface area contributed by atoms with Gasteiger partial charge >= 0.3 is 51.4 Å². The second-order valence-corrected chi connectivity index (χ2v) is 6.37. The van der Waals surface area contributed by atoms with E-state index in [-0.39, 0.29) is 57.1 Å². The SMILES string of the molecule is C=C1Sc2ccccc2N1CCCS(=O)(=O)[O-].[K+]. The van der Waals surface area contributed by atoms with E-state index in [1.165, 1.54) is 0 Å². The molecular weight excluding hydrogens is 297 g/mol. The molecule has 0 aliphatic carbocycles. The Morgan fingerprint density at radius 1 is 1.33 bits per heavy atom. The predicted molar refractivity (Wildman–Crippen MR) is 68.0 cm³/mol. The van der Waals surface area contributed by atoms with E-state index in [1.54, 1.807) is 11.8 Å². The Morgan fingerprint density at radius 2 is 2.00 bits per heavy atom. The number of para-hydroxylation sites is 1. The van der Waals surface area contributed by atoms with Crippen molar-refractivity contribution in [3.63, 3.8) is 0 Å². The average molecular weight is 309 g/mol. The molecule has 1 aliphatic heterocycles. The fourth-order valence-corrected chi connectivity index (χ4v) is 3.19. The van der Waals surface area contributed by atoms with Crippen molar-refractivity contribution in [1.82, 2.24) is 0 Å². The second-order valence-electron chi connectivity index (χ2n) is 3.73. The Labute approximate surface area is 154 Å². The van der Waals surface area contributed by atoms with Crippen LogP contribution in [0, 0.1) is 0 Å². The average Bonchev–Trinajstić information content (AvgIpc) is 2.54. The number of fused-ring (bicyclic) bond motifs is 1. The number of hydrogen-bond donors (Lipinski definition) is 0. The van der Waals surface area contributed by atoms with Gasteiger partial charge in [-0.05, 0) is 18.6 Å². The van der Waals surface area contributed by atoms with Gasteiger partial charge in [0.2, 0.25) is 0 Å². The molecule has 0 N–H and O–H groups in total. The summed E-state index contributed by atoms with van der Waals surface area (Å²) in [7, 11) is -4.12. The van der Waals surface area contributed by atoms with Gasteiger partial charge in [-0.15, -0.1) is 0 Å². The molecule has 0 saturated carbocycles. The number of rotatable bonds is 4. The molecule has 0 amide bonds. The van der Waals surface area contributed by atoms with E-state index < -0.39 is 10.1 Å². The molecule has 2 rings (SSSR count). The van der Waals surface area contributed by atoms with Gasteiger partial charge in [-0.1, -0.05) is 30.5 Å². The van der Waals surface area contributed by atoms with Crippen LogP contribution in [0.5, 0.6) is 0 Å². The van der Waals surface area contributed by atoms with Gasteiger partial charge in [0.05, 0.1) is 20.8 Å². The molecular formula is C11H12KNO3S2. The smallest absolute Gasteiger partial charge is 0.748 e. The number of hydrogen-bond acceptors (Lipinski definition) is 5. The molecule has 0 atom stereocenters. The standard InChI is InChI=1S/C11H13NO3S2.K/c1-9-12(7-4-8-17(13,14)15)10-5-2-3-6-11(10)16-9;/h2-3,5-6H,1,4,7-8H2,(H,13,14,15);/q;+1/p-1. The van der Waals surface area contributed by atoms with Crippen LogP contribution in [-0.4, -0.2) is 25.3 Å². The van der Waals surface area contributed by atoms with E-state index in [2.05, 4.69) is 6.58 Å². The molecule has 0 unspecified atom stereocenters. The maximum atomic E-state index is 10.5. The van der Waals surface area contributed by atoms with Crippen LogP contribution >= 0.6 is 11.8 Å². The number of anilines is 1. The molecule has 1 aromatic carbocycles. The maximum Gasteiger partial charge on any atom is 1.00 e. The van der Waals surface area contributed by atoms with Crippen molar-refractivity contribution in [1.29, 1.82) is 0 Å². The summed E-state index contributed by atoms with van der Waals surface area (Å²) in [5.41, 5.74) is 1.03. The molecule has 0 spiro atoms. The van der Waals surface area contributed by atoms with E-state index in [4.69, 9.17) is 0 Å². The van der Waals surface area contributed by atoms with Gasteiger partial charge in [-0.2, -0.15) is 0 Å². The summed E-state index contributed by atoms with van der Waals surface area (Å²) in [6.45, 7) is 4.43. The quantitative estimate of drug-likeness (QED) is 0.528. The first-order chi connectivity index (χ1) is 7.97. The predicted octanol–water partition coefficient (Wildman–Crippen LogP) is -0.991. The maximum absolute atomic E-state index is 10.5. The van der Waals surface area contributed by atoms with Crippen LogP contribution < -0.4 is 56.3 Å². The van der Waals surface area contributed by atoms with Gasteiger partial charge in [-0.25, -0.2) is 8.42 Å². The minimum Gasteiger partial charge on any atom is -0.748 e. The summed E-state index contributed by atoms with van der Waals surface area (Å²) in [6, 6.07) is 7.84. The zero-order valence-corrected chi connectivity index (χ0v) is 14.9. The molecule has 0 bridgehead atoms. The molecule has 1 aliphatic rings. The minimum atomic E-state index is -4.12. The first-order valence-electron chi connectivity index (χ1n) is 5.14. The number of thioether (sulfide) groups is 1. The van der Waals surface area contributed by atoms with Gasteiger partial charge in [0.1, 0.15) is 0 Å². The number of benzene rings is 1. The van der Waals surface area contributed by atoms with Gasteiger partial charge in [0, 0.05) is 17.2 Å². The molecule has 0 aromatic heterocycles. The van der Waals surface area contributed by atoms with E-state index >= 15 is 0 Å². The first kappa shape index (κ1) is 16.7. The zero-order chi connectivity index (χ0) is 12.5. The summed E-state index contributed by atoms with van der Waals surface area (Å²) in [6.07, 6.45) is 0.319. The zero-order valence-electron chi connectivity index (χ0n) is 10.1. The summed E-state index contributed by atoms with van der Waals surface area (Å²) in [5, 5.41) is 0.870. The van der Waals surface area contributed by atoms with Crippen molar-refractivity contribution in [2.24, 2.45) is 0 Å². The summed E-state index contributed by atoms with van der Waals surface area (Å²) < 4.78 is 31.6. The van der Waals surface area contributed by atoms with Gasteiger partial charge in [0.25, 0.3) is 0 Å². The van der Waals surface area contributed by atoms with Crippen LogP contribution in [-0.2, 0) is 10.1 Å². The summed E-state index contributed by atoms with van der Waals surface area (Å²) in [4.78, 5) is 3.06. The summed E-state index contributed by atoms with van der Waals surface area (Å²) >= 11 is 1.56. The third-order valence-corrected chi connectivity index (χ3v) is 4.27. The van der Waals surface area contributed by atoms with Gasteiger partial charge in [0.15, 0.2) is 0 Å². The topological polar surface area (TPSA) is 60.4 Å². The third kappa shape index (κ3) is 4.34. The Balaban J connectivity index is 0.00000162. The van der Waals surface area contributed by atoms with Crippen molar-refractivity contribution in [2.75, 3.05) is 17.2 Å². The van der Waals surface area contributed by atoms with E-state index in [9.17, 15) is 13.0 Å². The van der Waals surface area contributed by atoms with Crippen LogP contribution in [0.1, 0.15) is 6.42 Å². The fraction of sp³-hybridized carbons (Fsp3) is 0.273.